The van der Waals surface area contributed by atoms with Crippen LogP contribution < -0.4 is 10.2 Å². The minimum atomic E-state index is -0.124. The SMILES string of the molecule is COCC1Cc2ccc(NC(=O)C=Cc3ccc(C(C)(C)C)cc3)cc2N(C)C1. The van der Waals surface area contributed by atoms with Crippen molar-refractivity contribution in [1.29, 1.82) is 0 Å². The summed E-state index contributed by atoms with van der Waals surface area (Å²) in [6, 6.07) is 14.5. The number of hydrogen-bond donors (Lipinski definition) is 1. The molecule has 1 heterocycles. The molecule has 154 valence electrons. The van der Waals surface area contributed by atoms with Gasteiger partial charge in [-0.05, 0) is 46.7 Å². The van der Waals surface area contributed by atoms with Crippen molar-refractivity contribution in [3.05, 3.63) is 65.2 Å². The van der Waals surface area contributed by atoms with E-state index < -0.39 is 0 Å². The molecular weight excluding hydrogens is 360 g/mol. The lowest BCUT2D eigenvalue weighted by atomic mass is 9.87. The third-order valence-corrected chi connectivity index (χ3v) is 5.41. The number of ether oxygens (including phenoxy) is 1. The summed E-state index contributed by atoms with van der Waals surface area (Å²) in [6.07, 6.45) is 4.44. The van der Waals surface area contributed by atoms with Gasteiger partial charge in [-0.25, -0.2) is 0 Å². The second-order valence-electron chi connectivity index (χ2n) is 8.94. The van der Waals surface area contributed by atoms with E-state index in [2.05, 4.69) is 74.4 Å². The summed E-state index contributed by atoms with van der Waals surface area (Å²) in [4.78, 5) is 14.6. The quantitative estimate of drug-likeness (QED) is 0.737. The standard InChI is InChI=1S/C25H32N2O2/c1-25(2,3)21-10-6-18(7-11-21)8-13-24(28)26-22-12-9-20-14-19(17-29-5)16-27(4)23(20)15-22/h6-13,15,19H,14,16-17H2,1-5H3,(H,26,28). The van der Waals surface area contributed by atoms with Gasteiger partial charge < -0.3 is 15.0 Å². The predicted molar refractivity (Wildman–Crippen MR) is 122 cm³/mol. The maximum absolute atomic E-state index is 12.4. The van der Waals surface area contributed by atoms with Crippen molar-refractivity contribution in [1.82, 2.24) is 0 Å². The normalized spacial score (nSPS) is 16.7. The van der Waals surface area contributed by atoms with Crippen LogP contribution in [0.5, 0.6) is 0 Å². The highest BCUT2D eigenvalue weighted by atomic mass is 16.5. The van der Waals surface area contributed by atoms with Crippen molar-refractivity contribution < 1.29 is 9.53 Å². The Morgan fingerprint density at radius 2 is 1.93 bits per heavy atom. The minimum absolute atomic E-state index is 0.124. The molecule has 0 aromatic heterocycles. The van der Waals surface area contributed by atoms with Gasteiger partial charge in [-0.3, -0.25) is 4.79 Å². The third kappa shape index (κ3) is 5.48. The van der Waals surface area contributed by atoms with Crippen molar-refractivity contribution in [3.63, 3.8) is 0 Å². The van der Waals surface area contributed by atoms with E-state index in [9.17, 15) is 4.79 Å². The molecule has 2 aromatic carbocycles. The van der Waals surface area contributed by atoms with Crippen molar-refractivity contribution in [2.45, 2.75) is 32.6 Å². The lowest BCUT2D eigenvalue weighted by Gasteiger charge is -2.33. The van der Waals surface area contributed by atoms with Crippen LogP contribution in [0.15, 0.2) is 48.5 Å². The van der Waals surface area contributed by atoms with Gasteiger partial charge >= 0.3 is 0 Å². The van der Waals surface area contributed by atoms with E-state index in [-0.39, 0.29) is 11.3 Å². The smallest absolute Gasteiger partial charge is 0.248 e. The number of anilines is 2. The molecule has 4 nitrogen and oxygen atoms in total. The molecule has 0 bridgehead atoms. The van der Waals surface area contributed by atoms with E-state index in [0.717, 1.165) is 30.8 Å². The lowest BCUT2D eigenvalue weighted by molar-refractivity contribution is -0.111. The number of amides is 1. The molecular formula is C25H32N2O2. The zero-order valence-electron chi connectivity index (χ0n) is 18.2. The Morgan fingerprint density at radius 1 is 1.21 bits per heavy atom. The molecule has 29 heavy (non-hydrogen) atoms. The van der Waals surface area contributed by atoms with Gasteiger partial charge in [0.25, 0.3) is 0 Å². The topological polar surface area (TPSA) is 41.6 Å². The lowest BCUT2D eigenvalue weighted by Crippen LogP contribution is -2.34. The highest BCUT2D eigenvalue weighted by molar-refractivity contribution is 6.02. The molecule has 0 fully saturated rings. The molecule has 1 atom stereocenters. The first-order chi connectivity index (χ1) is 13.8. The molecule has 2 aromatic rings. The monoisotopic (exact) mass is 392 g/mol. The van der Waals surface area contributed by atoms with Crippen LogP contribution >= 0.6 is 0 Å². The molecule has 1 amide bonds. The first-order valence-electron chi connectivity index (χ1n) is 10.2. The highest BCUT2D eigenvalue weighted by Gasteiger charge is 2.22. The van der Waals surface area contributed by atoms with Crippen LogP contribution in [0.2, 0.25) is 0 Å². The number of nitrogens with zero attached hydrogens (tertiary/aromatic N) is 1. The average Bonchev–Trinajstić information content (AvgIpc) is 2.67. The van der Waals surface area contributed by atoms with E-state index in [1.54, 1.807) is 13.2 Å². The molecule has 0 saturated carbocycles. The van der Waals surface area contributed by atoms with E-state index in [4.69, 9.17) is 4.74 Å². The van der Waals surface area contributed by atoms with Gasteiger partial charge in [0.05, 0.1) is 6.61 Å². The zero-order valence-corrected chi connectivity index (χ0v) is 18.2. The zero-order chi connectivity index (χ0) is 21.0. The second kappa shape index (κ2) is 8.83. The van der Waals surface area contributed by atoms with Gasteiger partial charge in [0.15, 0.2) is 0 Å². The summed E-state index contributed by atoms with van der Waals surface area (Å²) < 4.78 is 5.32. The molecule has 0 aliphatic carbocycles. The number of carbonyl (C=O) groups excluding carboxylic acids is 1. The van der Waals surface area contributed by atoms with Crippen LogP contribution in [0.25, 0.3) is 6.08 Å². The Balaban J connectivity index is 1.64. The van der Waals surface area contributed by atoms with Crippen LogP contribution in [0.1, 0.15) is 37.5 Å². The molecule has 0 radical (unpaired) electrons. The highest BCUT2D eigenvalue weighted by Crippen LogP contribution is 2.31. The molecule has 4 heteroatoms. The van der Waals surface area contributed by atoms with Crippen molar-refractivity contribution in [2.24, 2.45) is 5.92 Å². The van der Waals surface area contributed by atoms with Crippen LogP contribution in [-0.4, -0.2) is 33.2 Å². The van der Waals surface area contributed by atoms with Gasteiger partial charge in [0, 0.05) is 44.1 Å². The van der Waals surface area contributed by atoms with Crippen LogP contribution in [0.4, 0.5) is 11.4 Å². The fraction of sp³-hybridized carbons (Fsp3) is 0.400. The van der Waals surface area contributed by atoms with Gasteiger partial charge in [0.1, 0.15) is 0 Å². The van der Waals surface area contributed by atoms with Crippen molar-refractivity contribution in [2.75, 3.05) is 37.5 Å². The van der Waals surface area contributed by atoms with Gasteiger partial charge in [0.2, 0.25) is 5.91 Å². The summed E-state index contributed by atoms with van der Waals surface area (Å²) in [6.45, 7) is 8.31. The molecule has 1 aliphatic heterocycles. The summed E-state index contributed by atoms with van der Waals surface area (Å²) in [7, 11) is 3.84. The fourth-order valence-electron chi connectivity index (χ4n) is 3.83. The maximum Gasteiger partial charge on any atom is 0.248 e. The van der Waals surface area contributed by atoms with E-state index in [1.165, 1.54) is 16.8 Å². The number of methoxy groups -OCH3 is 1. The number of rotatable bonds is 5. The summed E-state index contributed by atoms with van der Waals surface area (Å²) in [5.74, 6) is 0.381. The maximum atomic E-state index is 12.4. The Morgan fingerprint density at radius 3 is 2.59 bits per heavy atom. The number of carbonyl (C=O) groups is 1. The molecule has 1 aliphatic rings. The minimum Gasteiger partial charge on any atom is -0.384 e. The Kier molecular flexibility index (Phi) is 6.43. The molecule has 0 spiro atoms. The van der Waals surface area contributed by atoms with Crippen molar-refractivity contribution >= 4 is 23.4 Å². The summed E-state index contributed by atoms with van der Waals surface area (Å²) in [5, 5.41) is 2.98. The third-order valence-electron chi connectivity index (χ3n) is 5.41. The Bertz CT molecular complexity index is 879. The molecule has 1 unspecified atom stereocenters. The Hall–Kier alpha value is -2.59. The number of hydrogen-bond acceptors (Lipinski definition) is 3. The summed E-state index contributed by atoms with van der Waals surface area (Å²) >= 11 is 0. The predicted octanol–water partition coefficient (Wildman–Crippen LogP) is 4.89. The Labute approximate surface area is 174 Å². The second-order valence-corrected chi connectivity index (χ2v) is 8.94. The van der Waals surface area contributed by atoms with E-state index in [0.29, 0.717) is 5.92 Å². The van der Waals surface area contributed by atoms with Gasteiger partial charge in [-0.15, -0.1) is 0 Å². The molecule has 0 saturated heterocycles. The van der Waals surface area contributed by atoms with Gasteiger partial charge in [-0.1, -0.05) is 51.1 Å². The van der Waals surface area contributed by atoms with Crippen molar-refractivity contribution in [3.8, 4) is 0 Å². The van der Waals surface area contributed by atoms with E-state index >= 15 is 0 Å². The van der Waals surface area contributed by atoms with Crippen LogP contribution in [0, 0.1) is 5.92 Å². The first-order valence-corrected chi connectivity index (χ1v) is 10.2. The van der Waals surface area contributed by atoms with Gasteiger partial charge in [-0.2, -0.15) is 0 Å². The number of fused-ring (bicyclic) bond motifs is 1. The summed E-state index contributed by atoms with van der Waals surface area (Å²) in [5.41, 5.74) is 5.72. The first kappa shape index (κ1) is 21.1. The van der Waals surface area contributed by atoms with Crippen LogP contribution in [0.3, 0.4) is 0 Å². The number of nitrogens with one attached hydrogen (secondary N) is 1. The number of benzene rings is 2. The average molecular weight is 393 g/mol. The molecule has 3 rings (SSSR count). The molecule has 1 N–H and O–H groups in total. The largest absolute Gasteiger partial charge is 0.384 e. The fourth-order valence-corrected chi connectivity index (χ4v) is 3.83. The van der Waals surface area contributed by atoms with E-state index in [1.807, 2.05) is 12.1 Å². The van der Waals surface area contributed by atoms with Crippen LogP contribution in [-0.2, 0) is 21.4 Å².